The van der Waals surface area contributed by atoms with Gasteiger partial charge in [-0.15, -0.1) is 0 Å². The van der Waals surface area contributed by atoms with Gasteiger partial charge in [0.1, 0.15) is 0 Å². The van der Waals surface area contributed by atoms with E-state index >= 15 is 0 Å². The number of rotatable bonds is 6. The number of hydrogen-bond donors (Lipinski definition) is 1. The molecule has 2 amide bonds. The van der Waals surface area contributed by atoms with E-state index in [1.807, 2.05) is 45.9 Å². The van der Waals surface area contributed by atoms with Gasteiger partial charge >= 0.3 is 0 Å². The van der Waals surface area contributed by atoms with E-state index in [2.05, 4.69) is 5.32 Å². The van der Waals surface area contributed by atoms with Gasteiger partial charge in [0, 0.05) is 31.6 Å². The van der Waals surface area contributed by atoms with Gasteiger partial charge in [0.05, 0.1) is 0 Å². The van der Waals surface area contributed by atoms with Gasteiger partial charge in [0.25, 0.3) is 5.91 Å². The monoisotopic (exact) mass is 290 g/mol. The first-order valence-electron chi connectivity index (χ1n) is 7.49. The number of carbonyl (C=O) groups is 2. The van der Waals surface area contributed by atoms with E-state index in [1.165, 1.54) is 5.56 Å². The first-order valence-corrected chi connectivity index (χ1v) is 7.49. The number of benzene rings is 1. The minimum absolute atomic E-state index is 0.0461. The van der Waals surface area contributed by atoms with Crippen LogP contribution in [0.1, 0.15) is 48.7 Å². The Morgan fingerprint density at radius 2 is 1.90 bits per heavy atom. The highest BCUT2D eigenvalue weighted by atomic mass is 16.2. The second-order valence-corrected chi connectivity index (χ2v) is 5.52. The molecule has 0 aromatic heterocycles. The normalized spacial score (nSPS) is 11.9. The van der Waals surface area contributed by atoms with E-state index in [0.29, 0.717) is 18.7 Å². The summed E-state index contributed by atoms with van der Waals surface area (Å²) in [7, 11) is 0. The largest absolute Gasteiger partial charge is 0.350 e. The van der Waals surface area contributed by atoms with Crippen LogP contribution >= 0.6 is 0 Å². The Balaban J connectivity index is 2.56. The molecule has 1 aromatic rings. The van der Waals surface area contributed by atoms with E-state index in [1.54, 1.807) is 11.8 Å². The van der Waals surface area contributed by atoms with Crippen molar-refractivity contribution in [2.75, 3.05) is 13.1 Å². The van der Waals surface area contributed by atoms with Crippen molar-refractivity contribution in [1.29, 1.82) is 0 Å². The third kappa shape index (κ3) is 4.88. The van der Waals surface area contributed by atoms with E-state index in [-0.39, 0.29) is 17.9 Å². The van der Waals surface area contributed by atoms with Crippen molar-refractivity contribution < 1.29 is 9.59 Å². The van der Waals surface area contributed by atoms with Gasteiger partial charge in [-0.05, 0) is 50.5 Å². The van der Waals surface area contributed by atoms with Crippen molar-refractivity contribution in [3.05, 3.63) is 34.9 Å². The first-order chi connectivity index (χ1) is 9.86. The Kier molecular flexibility index (Phi) is 6.40. The lowest BCUT2D eigenvalue weighted by Gasteiger charge is -2.27. The Morgan fingerprint density at radius 1 is 1.24 bits per heavy atom. The average molecular weight is 290 g/mol. The molecule has 0 fully saturated rings. The molecular weight excluding hydrogens is 264 g/mol. The number of carbonyl (C=O) groups excluding carboxylic acids is 2. The molecule has 0 aliphatic heterocycles. The average Bonchev–Trinajstić information content (AvgIpc) is 2.45. The molecule has 0 spiro atoms. The highest BCUT2D eigenvalue weighted by Crippen LogP contribution is 2.09. The third-order valence-electron chi connectivity index (χ3n) is 3.93. The molecular formula is C17H26N2O2. The minimum Gasteiger partial charge on any atom is -0.350 e. The molecule has 116 valence electrons. The van der Waals surface area contributed by atoms with Crippen LogP contribution in [-0.4, -0.2) is 35.8 Å². The number of aryl methyl sites for hydroxylation is 2. The van der Waals surface area contributed by atoms with Gasteiger partial charge in [-0.1, -0.05) is 13.0 Å². The van der Waals surface area contributed by atoms with Crippen LogP contribution in [0.5, 0.6) is 0 Å². The van der Waals surface area contributed by atoms with Crippen LogP contribution < -0.4 is 5.32 Å². The summed E-state index contributed by atoms with van der Waals surface area (Å²) < 4.78 is 0. The van der Waals surface area contributed by atoms with Crippen LogP contribution in [0.4, 0.5) is 0 Å². The van der Waals surface area contributed by atoms with Crippen molar-refractivity contribution in [1.82, 2.24) is 10.2 Å². The quantitative estimate of drug-likeness (QED) is 0.875. The summed E-state index contributed by atoms with van der Waals surface area (Å²) >= 11 is 0. The van der Waals surface area contributed by atoms with E-state index in [4.69, 9.17) is 0 Å². The number of hydrogen-bond acceptors (Lipinski definition) is 2. The van der Waals surface area contributed by atoms with E-state index in [0.717, 1.165) is 12.0 Å². The lowest BCUT2D eigenvalue weighted by molar-refractivity contribution is -0.130. The molecule has 0 aliphatic carbocycles. The molecule has 0 saturated carbocycles. The fourth-order valence-corrected chi connectivity index (χ4v) is 2.18. The van der Waals surface area contributed by atoms with Crippen molar-refractivity contribution in [3.63, 3.8) is 0 Å². The zero-order valence-electron chi connectivity index (χ0n) is 13.7. The molecule has 0 aliphatic rings. The minimum atomic E-state index is -0.0919. The number of nitrogens with one attached hydrogen (secondary N) is 1. The SMILES string of the molecule is CCC(C)N(CCNC(=O)c1ccc(C)c(C)c1)C(C)=O. The Morgan fingerprint density at radius 3 is 2.43 bits per heavy atom. The topological polar surface area (TPSA) is 49.4 Å². The fraction of sp³-hybridized carbons (Fsp3) is 0.529. The van der Waals surface area contributed by atoms with Crippen molar-refractivity contribution in [2.24, 2.45) is 0 Å². The van der Waals surface area contributed by atoms with Gasteiger partial charge in [-0.25, -0.2) is 0 Å². The summed E-state index contributed by atoms with van der Waals surface area (Å²) in [5.74, 6) is -0.0458. The van der Waals surface area contributed by atoms with Gasteiger partial charge in [0.2, 0.25) is 5.91 Å². The molecule has 1 atom stereocenters. The Bertz CT molecular complexity index is 512. The zero-order valence-corrected chi connectivity index (χ0v) is 13.7. The number of nitrogens with zero attached hydrogens (tertiary/aromatic N) is 1. The standard InChI is InChI=1S/C17H26N2O2/c1-6-14(4)19(15(5)20)10-9-18-17(21)16-8-7-12(2)13(3)11-16/h7-8,11,14H,6,9-10H2,1-5H3,(H,18,21). The van der Waals surface area contributed by atoms with Crippen LogP contribution in [0.2, 0.25) is 0 Å². The lowest BCUT2D eigenvalue weighted by atomic mass is 10.1. The van der Waals surface area contributed by atoms with E-state index in [9.17, 15) is 9.59 Å². The molecule has 1 aromatic carbocycles. The maximum atomic E-state index is 12.1. The second-order valence-electron chi connectivity index (χ2n) is 5.52. The highest BCUT2D eigenvalue weighted by molar-refractivity contribution is 5.94. The fourth-order valence-electron chi connectivity index (χ4n) is 2.18. The smallest absolute Gasteiger partial charge is 0.251 e. The maximum absolute atomic E-state index is 12.1. The molecule has 0 radical (unpaired) electrons. The predicted molar refractivity (Wildman–Crippen MR) is 85.4 cm³/mol. The summed E-state index contributed by atoms with van der Waals surface area (Å²) in [4.78, 5) is 25.5. The summed E-state index contributed by atoms with van der Waals surface area (Å²) in [6, 6.07) is 5.86. The Labute approximate surface area is 127 Å². The molecule has 1 rings (SSSR count). The van der Waals surface area contributed by atoms with Crippen LogP contribution in [0.15, 0.2) is 18.2 Å². The molecule has 4 nitrogen and oxygen atoms in total. The summed E-state index contributed by atoms with van der Waals surface area (Å²) in [5.41, 5.74) is 2.94. The first kappa shape index (κ1) is 17.2. The molecule has 1 N–H and O–H groups in total. The van der Waals surface area contributed by atoms with Crippen molar-refractivity contribution in [3.8, 4) is 0 Å². The van der Waals surface area contributed by atoms with E-state index < -0.39 is 0 Å². The zero-order chi connectivity index (χ0) is 16.0. The van der Waals surface area contributed by atoms with Crippen LogP contribution in [0.25, 0.3) is 0 Å². The van der Waals surface area contributed by atoms with Crippen LogP contribution in [0.3, 0.4) is 0 Å². The van der Waals surface area contributed by atoms with Crippen LogP contribution in [0, 0.1) is 13.8 Å². The van der Waals surface area contributed by atoms with Gasteiger partial charge < -0.3 is 10.2 Å². The lowest BCUT2D eigenvalue weighted by Crippen LogP contribution is -2.42. The van der Waals surface area contributed by atoms with Crippen LogP contribution in [-0.2, 0) is 4.79 Å². The molecule has 0 bridgehead atoms. The summed E-state index contributed by atoms with van der Waals surface area (Å²) in [6.07, 6.45) is 0.907. The van der Waals surface area contributed by atoms with Crippen molar-refractivity contribution in [2.45, 2.75) is 47.1 Å². The summed E-state index contributed by atoms with van der Waals surface area (Å²) in [5, 5.41) is 2.88. The molecule has 0 saturated heterocycles. The molecule has 4 heteroatoms. The molecule has 0 heterocycles. The highest BCUT2D eigenvalue weighted by Gasteiger charge is 2.15. The van der Waals surface area contributed by atoms with Crippen molar-refractivity contribution >= 4 is 11.8 Å². The second kappa shape index (κ2) is 7.81. The van der Waals surface area contributed by atoms with Gasteiger partial charge in [-0.3, -0.25) is 9.59 Å². The Hall–Kier alpha value is -1.84. The van der Waals surface area contributed by atoms with Gasteiger partial charge in [0.15, 0.2) is 0 Å². The third-order valence-corrected chi connectivity index (χ3v) is 3.93. The maximum Gasteiger partial charge on any atom is 0.251 e. The predicted octanol–water partition coefficient (Wildman–Crippen LogP) is 2.68. The summed E-state index contributed by atoms with van der Waals surface area (Å²) in [6.45, 7) is 10.7. The number of amides is 2. The van der Waals surface area contributed by atoms with Gasteiger partial charge in [-0.2, -0.15) is 0 Å². The molecule has 21 heavy (non-hydrogen) atoms. The molecule has 1 unspecified atom stereocenters.